The number of nitrogens with zero attached hydrogens (tertiary/aromatic N) is 4. The number of halogens is 1. The largest absolute Gasteiger partial charge is 0.358 e. The van der Waals surface area contributed by atoms with E-state index in [0.29, 0.717) is 35.7 Å². The Kier molecular flexibility index (Phi) is 6.69. The lowest BCUT2D eigenvalue weighted by molar-refractivity contribution is 0.0223. The smallest absolute Gasteiger partial charge is 0.335 e. The van der Waals surface area contributed by atoms with Crippen LogP contribution in [-0.2, 0) is 4.74 Å². The van der Waals surface area contributed by atoms with Gasteiger partial charge < -0.3 is 10.1 Å². The molecular formula is C24H30FN5O2. The average molecular weight is 440 g/mol. The van der Waals surface area contributed by atoms with Crippen LogP contribution in [0.2, 0.25) is 0 Å². The maximum Gasteiger partial charge on any atom is 0.335 e. The molecule has 170 valence electrons. The lowest BCUT2D eigenvalue weighted by Gasteiger charge is -2.26. The molecule has 1 fully saturated rings. The minimum Gasteiger partial charge on any atom is -0.358 e. The molecule has 4 rings (SSSR count). The number of ether oxygens (including phenoxy) is 1. The summed E-state index contributed by atoms with van der Waals surface area (Å²) in [4.78, 5) is 22.4. The van der Waals surface area contributed by atoms with Crippen molar-refractivity contribution in [3.8, 4) is 17.1 Å². The molecule has 0 spiro atoms. The number of nitrogens with one attached hydrogen (secondary N) is 1. The minimum absolute atomic E-state index is 0.276. The van der Waals surface area contributed by atoms with Gasteiger partial charge >= 0.3 is 5.69 Å². The SMILES string of the molecule is CCOC(C)n1cc(-c2ccnc(NC3CCC(C)CC3)n2)n(-c2ccc(F)cc2)c1=O. The van der Waals surface area contributed by atoms with Crippen LogP contribution in [0.25, 0.3) is 17.1 Å². The van der Waals surface area contributed by atoms with Gasteiger partial charge in [0.25, 0.3) is 0 Å². The third kappa shape index (κ3) is 4.75. The summed E-state index contributed by atoms with van der Waals surface area (Å²) >= 11 is 0. The second-order valence-electron chi connectivity index (χ2n) is 8.44. The molecule has 2 heterocycles. The summed E-state index contributed by atoms with van der Waals surface area (Å²) in [5.74, 6) is 0.948. The summed E-state index contributed by atoms with van der Waals surface area (Å²) in [5.41, 5.74) is 1.48. The fourth-order valence-corrected chi connectivity index (χ4v) is 4.22. The maximum atomic E-state index is 13.5. The van der Waals surface area contributed by atoms with Gasteiger partial charge in [-0.2, -0.15) is 0 Å². The molecule has 2 aromatic heterocycles. The molecule has 0 radical (unpaired) electrons. The number of hydrogen-bond acceptors (Lipinski definition) is 5. The fourth-order valence-electron chi connectivity index (χ4n) is 4.22. The molecule has 0 amide bonds. The Morgan fingerprint density at radius 3 is 2.59 bits per heavy atom. The number of imidazole rings is 1. The molecule has 1 atom stereocenters. The molecule has 1 aliphatic rings. The van der Waals surface area contributed by atoms with Gasteiger partial charge in [-0.3, -0.25) is 9.13 Å². The van der Waals surface area contributed by atoms with E-state index in [9.17, 15) is 9.18 Å². The van der Waals surface area contributed by atoms with Gasteiger partial charge in [0.15, 0.2) is 0 Å². The summed E-state index contributed by atoms with van der Waals surface area (Å²) < 4.78 is 22.2. The Morgan fingerprint density at radius 1 is 1.19 bits per heavy atom. The third-order valence-electron chi connectivity index (χ3n) is 6.07. The number of hydrogen-bond donors (Lipinski definition) is 1. The van der Waals surface area contributed by atoms with Gasteiger partial charge in [-0.25, -0.2) is 19.2 Å². The van der Waals surface area contributed by atoms with Crippen LogP contribution >= 0.6 is 0 Å². The number of benzene rings is 1. The van der Waals surface area contributed by atoms with Crippen LogP contribution < -0.4 is 11.0 Å². The van der Waals surface area contributed by atoms with Crippen molar-refractivity contribution in [3.63, 3.8) is 0 Å². The molecule has 8 heteroatoms. The molecule has 32 heavy (non-hydrogen) atoms. The van der Waals surface area contributed by atoms with Crippen LogP contribution in [0.15, 0.2) is 47.5 Å². The van der Waals surface area contributed by atoms with E-state index in [-0.39, 0.29) is 11.5 Å². The van der Waals surface area contributed by atoms with Gasteiger partial charge in [-0.05, 0) is 75.8 Å². The highest BCUT2D eigenvalue weighted by Gasteiger charge is 2.21. The Labute approximate surface area is 187 Å². The van der Waals surface area contributed by atoms with E-state index >= 15 is 0 Å². The van der Waals surface area contributed by atoms with Gasteiger partial charge in [-0.15, -0.1) is 0 Å². The molecule has 7 nitrogen and oxygen atoms in total. The molecule has 0 saturated heterocycles. The van der Waals surface area contributed by atoms with Crippen molar-refractivity contribution in [2.75, 3.05) is 11.9 Å². The van der Waals surface area contributed by atoms with E-state index in [1.165, 1.54) is 34.1 Å². The fraction of sp³-hybridized carbons (Fsp3) is 0.458. The van der Waals surface area contributed by atoms with Gasteiger partial charge in [0.2, 0.25) is 5.95 Å². The predicted molar refractivity (Wildman–Crippen MR) is 122 cm³/mol. The van der Waals surface area contributed by atoms with Gasteiger partial charge in [0.1, 0.15) is 12.0 Å². The zero-order valence-electron chi connectivity index (χ0n) is 18.8. The maximum absolute atomic E-state index is 13.5. The number of rotatable bonds is 7. The van der Waals surface area contributed by atoms with Crippen molar-refractivity contribution in [2.24, 2.45) is 5.92 Å². The second-order valence-corrected chi connectivity index (χ2v) is 8.44. The van der Waals surface area contributed by atoms with Crippen LogP contribution in [0.1, 0.15) is 52.7 Å². The molecule has 0 aliphatic heterocycles. The predicted octanol–water partition coefficient (Wildman–Crippen LogP) is 4.78. The average Bonchev–Trinajstić information content (AvgIpc) is 3.13. The number of anilines is 1. The Morgan fingerprint density at radius 2 is 1.91 bits per heavy atom. The Balaban J connectivity index is 1.73. The normalized spacial score (nSPS) is 19.6. The lowest BCUT2D eigenvalue weighted by Crippen LogP contribution is -2.27. The van der Waals surface area contributed by atoms with Crippen molar-refractivity contribution in [3.05, 3.63) is 59.0 Å². The van der Waals surface area contributed by atoms with Crippen LogP contribution in [0.4, 0.5) is 10.3 Å². The van der Waals surface area contributed by atoms with Crippen molar-refractivity contribution in [2.45, 2.75) is 58.7 Å². The van der Waals surface area contributed by atoms with Crippen molar-refractivity contribution in [1.82, 2.24) is 19.1 Å². The van der Waals surface area contributed by atoms with Crippen LogP contribution in [0.3, 0.4) is 0 Å². The molecule has 1 unspecified atom stereocenters. The quantitative estimate of drug-likeness (QED) is 0.573. The van der Waals surface area contributed by atoms with Crippen molar-refractivity contribution in [1.29, 1.82) is 0 Å². The van der Waals surface area contributed by atoms with E-state index in [2.05, 4.69) is 17.2 Å². The summed E-state index contributed by atoms with van der Waals surface area (Å²) in [6, 6.07) is 7.97. The van der Waals surface area contributed by atoms with Crippen LogP contribution in [-0.4, -0.2) is 31.8 Å². The lowest BCUT2D eigenvalue weighted by atomic mass is 9.87. The summed E-state index contributed by atoms with van der Waals surface area (Å²) in [6.45, 7) is 6.47. The van der Waals surface area contributed by atoms with Gasteiger partial charge in [0.05, 0.1) is 17.1 Å². The van der Waals surface area contributed by atoms with E-state index in [4.69, 9.17) is 9.72 Å². The molecule has 1 saturated carbocycles. The summed E-state index contributed by atoms with van der Waals surface area (Å²) in [5, 5.41) is 3.45. The standard InChI is InChI=1S/C24H30FN5O2/c1-4-32-17(3)29-15-22(30(24(29)31)20-11-7-18(25)8-12-20)21-13-14-26-23(28-21)27-19-9-5-16(2)6-10-19/h7-8,11-17,19H,4-6,9-10H2,1-3H3,(H,26,27,28). The van der Waals surface area contributed by atoms with E-state index in [0.717, 1.165) is 18.8 Å². The van der Waals surface area contributed by atoms with Crippen molar-refractivity contribution < 1.29 is 9.13 Å². The molecular weight excluding hydrogens is 409 g/mol. The topological polar surface area (TPSA) is 74.0 Å². The molecule has 1 aliphatic carbocycles. The molecule has 0 bridgehead atoms. The number of aromatic nitrogens is 4. The zero-order valence-corrected chi connectivity index (χ0v) is 18.8. The van der Waals surface area contributed by atoms with Crippen molar-refractivity contribution >= 4 is 5.95 Å². The highest BCUT2D eigenvalue weighted by molar-refractivity contribution is 5.59. The van der Waals surface area contributed by atoms with Crippen LogP contribution in [0, 0.1) is 11.7 Å². The summed E-state index contributed by atoms with van der Waals surface area (Å²) in [6.07, 6.45) is 7.56. The first-order chi connectivity index (χ1) is 15.5. The van der Waals surface area contributed by atoms with Gasteiger partial charge in [0, 0.05) is 25.0 Å². The van der Waals surface area contributed by atoms with E-state index in [1.54, 1.807) is 30.6 Å². The highest BCUT2D eigenvalue weighted by atomic mass is 19.1. The first-order valence-electron chi connectivity index (χ1n) is 11.3. The molecule has 1 N–H and O–H groups in total. The minimum atomic E-state index is -0.448. The summed E-state index contributed by atoms with van der Waals surface area (Å²) in [7, 11) is 0. The van der Waals surface area contributed by atoms with Crippen LogP contribution in [0.5, 0.6) is 0 Å². The molecule has 1 aromatic carbocycles. The third-order valence-corrected chi connectivity index (χ3v) is 6.07. The first-order valence-corrected chi connectivity index (χ1v) is 11.3. The Bertz CT molecular complexity index is 1100. The first kappa shape index (κ1) is 22.2. The highest BCUT2D eigenvalue weighted by Crippen LogP contribution is 2.26. The Hall–Kier alpha value is -3.00. The van der Waals surface area contributed by atoms with E-state index < -0.39 is 6.23 Å². The van der Waals surface area contributed by atoms with Gasteiger partial charge in [-0.1, -0.05) is 6.92 Å². The zero-order chi connectivity index (χ0) is 22.7. The second kappa shape index (κ2) is 9.65. The van der Waals surface area contributed by atoms with E-state index in [1.807, 2.05) is 13.8 Å². The molecule has 3 aromatic rings. The monoisotopic (exact) mass is 439 g/mol.